The number of benzene rings is 1. The molecule has 1 aromatic heterocycles. The van der Waals surface area contributed by atoms with Crippen LogP contribution in [0.3, 0.4) is 0 Å². The van der Waals surface area contributed by atoms with Crippen molar-refractivity contribution in [2.45, 2.75) is 19.9 Å². The summed E-state index contributed by atoms with van der Waals surface area (Å²) in [5, 5.41) is 2.68. The molecule has 0 spiro atoms. The van der Waals surface area contributed by atoms with Gasteiger partial charge in [-0.3, -0.25) is 0 Å². The third-order valence-electron chi connectivity index (χ3n) is 3.02. The lowest BCUT2D eigenvalue weighted by Gasteiger charge is -2.16. The van der Waals surface area contributed by atoms with Crippen molar-refractivity contribution in [3.05, 3.63) is 41.5 Å². The van der Waals surface area contributed by atoms with Gasteiger partial charge < -0.3 is 14.6 Å². The minimum atomic E-state index is -1.51. The summed E-state index contributed by atoms with van der Waals surface area (Å²) in [6.45, 7) is 4.12. The zero-order valence-electron chi connectivity index (χ0n) is 12.0. The van der Waals surface area contributed by atoms with Crippen LogP contribution < -0.4 is 5.32 Å². The maximum Gasteiger partial charge on any atom is 0.207 e. The van der Waals surface area contributed by atoms with Crippen LogP contribution in [-0.4, -0.2) is 23.3 Å². The number of hydrogen-bond acceptors (Lipinski definition) is 3. The average molecular weight is 299 g/mol. The molecule has 7 heteroatoms. The molecule has 0 bridgehead atoms. The van der Waals surface area contributed by atoms with Crippen molar-refractivity contribution in [1.29, 1.82) is 0 Å². The zero-order valence-corrected chi connectivity index (χ0v) is 12.0. The first-order chi connectivity index (χ1) is 9.93. The summed E-state index contributed by atoms with van der Waals surface area (Å²) in [5.74, 6) is -3.69. The molecule has 0 saturated carbocycles. The fraction of sp³-hybridized carbons (Fsp3) is 0.357. The summed E-state index contributed by atoms with van der Waals surface area (Å²) in [4.78, 5) is 4.22. The van der Waals surface area contributed by atoms with Crippen LogP contribution in [0.15, 0.2) is 18.3 Å². The maximum absolute atomic E-state index is 13.7. The molecule has 21 heavy (non-hydrogen) atoms. The van der Waals surface area contributed by atoms with E-state index in [1.807, 2.05) is 6.92 Å². The average Bonchev–Trinajstić information content (AvgIpc) is 2.81. The molecule has 0 amide bonds. The van der Waals surface area contributed by atoms with E-state index in [-0.39, 0.29) is 11.7 Å². The van der Waals surface area contributed by atoms with Gasteiger partial charge in [-0.2, -0.15) is 0 Å². The third kappa shape index (κ3) is 3.18. The summed E-state index contributed by atoms with van der Waals surface area (Å²) < 4.78 is 46.7. The fourth-order valence-electron chi connectivity index (χ4n) is 2.01. The number of anilines is 2. The molecule has 0 aliphatic carbocycles. The largest absolute Gasteiger partial charge is 0.383 e. The van der Waals surface area contributed by atoms with E-state index >= 15 is 0 Å². The van der Waals surface area contributed by atoms with Crippen molar-refractivity contribution in [3.63, 3.8) is 0 Å². The first-order valence-corrected chi connectivity index (χ1v) is 6.39. The van der Waals surface area contributed by atoms with Crippen LogP contribution in [-0.2, 0) is 4.74 Å². The van der Waals surface area contributed by atoms with Gasteiger partial charge in [0, 0.05) is 13.3 Å². The number of nitrogens with zero attached hydrogens (tertiary/aromatic N) is 2. The van der Waals surface area contributed by atoms with Crippen LogP contribution in [0, 0.1) is 24.4 Å². The van der Waals surface area contributed by atoms with Crippen molar-refractivity contribution in [1.82, 2.24) is 9.55 Å². The van der Waals surface area contributed by atoms with Gasteiger partial charge in [-0.15, -0.1) is 0 Å². The molecule has 0 aliphatic rings. The summed E-state index contributed by atoms with van der Waals surface area (Å²) in [6, 6.07) is 1.94. The van der Waals surface area contributed by atoms with Crippen LogP contribution in [0.2, 0.25) is 0 Å². The number of nitrogens with one attached hydrogen (secondary N) is 1. The van der Waals surface area contributed by atoms with Crippen LogP contribution >= 0.6 is 0 Å². The standard InChI is InChI=1S/C14H16F3N3O/c1-8-6-20(9(2)7-21-3)14(18-8)19-11-5-4-10(15)12(16)13(11)17/h4-6,9H,7H2,1-3H3,(H,18,19). The molecule has 1 aromatic carbocycles. The van der Waals surface area contributed by atoms with E-state index in [1.165, 1.54) is 0 Å². The highest BCUT2D eigenvalue weighted by atomic mass is 19.2. The fourth-order valence-corrected chi connectivity index (χ4v) is 2.01. The Kier molecular flexibility index (Phi) is 4.52. The van der Waals surface area contributed by atoms with Crippen LogP contribution in [0.25, 0.3) is 0 Å². The van der Waals surface area contributed by atoms with E-state index in [9.17, 15) is 13.2 Å². The van der Waals surface area contributed by atoms with Crippen molar-refractivity contribution in [3.8, 4) is 0 Å². The van der Waals surface area contributed by atoms with E-state index in [4.69, 9.17) is 4.74 Å². The van der Waals surface area contributed by atoms with Gasteiger partial charge in [0.2, 0.25) is 5.95 Å². The number of ether oxygens (including phenoxy) is 1. The topological polar surface area (TPSA) is 39.1 Å². The first-order valence-electron chi connectivity index (χ1n) is 6.39. The highest BCUT2D eigenvalue weighted by Crippen LogP contribution is 2.25. The number of methoxy groups -OCH3 is 1. The Morgan fingerprint density at radius 3 is 2.67 bits per heavy atom. The number of rotatable bonds is 5. The van der Waals surface area contributed by atoms with Crippen molar-refractivity contribution < 1.29 is 17.9 Å². The van der Waals surface area contributed by atoms with E-state index in [0.717, 1.165) is 12.1 Å². The predicted octanol–water partition coefficient (Wildman–Crippen LogP) is 3.56. The molecule has 2 aromatic rings. The number of aromatic nitrogens is 2. The van der Waals surface area contributed by atoms with Crippen LogP contribution in [0.5, 0.6) is 0 Å². The molecule has 4 nitrogen and oxygen atoms in total. The molecule has 1 heterocycles. The molecule has 1 atom stereocenters. The summed E-state index contributed by atoms with van der Waals surface area (Å²) in [6.07, 6.45) is 1.77. The second kappa shape index (κ2) is 6.17. The van der Waals surface area contributed by atoms with Gasteiger partial charge in [0.25, 0.3) is 0 Å². The minimum absolute atomic E-state index is 0.0490. The van der Waals surface area contributed by atoms with E-state index < -0.39 is 17.5 Å². The lowest BCUT2D eigenvalue weighted by molar-refractivity contribution is 0.163. The Balaban J connectivity index is 2.34. The van der Waals surface area contributed by atoms with Gasteiger partial charge in [-0.1, -0.05) is 0 Å². The molecular weight excluding hydrogens is 283 g/mol. The highest BCUT2D eigenvalue weighted by molar-refractivity contribution is 5.55. The Hall–Kier alpha value is -2.02. The Labute approximate surface area is 120 Å². The Morgan fingerprint density at radius 1 is 1.29 bits per heavy atom. The predicted molar refractivity (Wildman–Crippen MR) is 73.1 cm³/mol. The first kappa shape index (κ1) is 15.4. The summed E-state index contributed by atoms with van der Waals surface area (Å²) in [5.41, 5.74) is 0.536. The normalized spacial score (nSPS) is 12.5. The smallest absolute Gasteiger partial charge is 0.207 e. The second-order valence-electron chi connectivity index (χ2n) is 4.77. The van der Waals surface area contributed by atoms with E-state index in [1.54, 1.807) is 24.8 Å². The maximum atomic E-state index is 13.7. The second-order valence-corrected chi connectivity index (χ2v) is 4.77. The van der Waals surface area contributed by atoms with Crippen molar-refractivity contribution in [2.24, 2.45) is 0 Å². The van der Waals surface area contributed by atoms with Crippen molar-refractivity contribution >= 4 is 11.6 Å². The number of imidazole rings is 1. The summed E-state index contributed by atoms with van der Waals surface area (Å²) >= 11 is 0. The van der Waals surface area contributed by atoms with Crippen LogP contribution in [0.1, 0.15) is 18.7 Å². The number of hydrogen-bond donors (Lipinski definition) is 1. The molecule has 1 unspecified atom stereocenters. The minimum Gasteiger partial charge on any atom is -0.383 e. The number of halogens is 3. The third-order valence-corrected chi connectivity index (χ3v) is 3.02. The Bertz CT molecular complexity index is 643. The molecule has 0 fully saturated rings. The van der Waals surface area contributed by atoms with Crippen molar-refractivity contribution in [2.75, 3.05) is 19.0 Å². The lowest BCUT2D eigenvalue weighted by atomic mass is 10.3. The SMILES string of the molecule is COCC(C)n1cc(C)nc1Nc1ccc(F)c(F)c1F. The summed E-state index contributed by atoms with van der Waals surface area (Å²) in [7, 11) is 1.57. The number of aryl methyl sites for hydroxylation is 1. The molecule has 1 N–H and O–H groups in total. The van der Waals surface area contributed by atoms with Gasteiger partial charge in [-0.25, -0.2) is 18.2 Å². The molecule has 0 aliphatic heterocycles. The quantitative estimate of drug-likeness (QED) is 0.858. The van der Waals surface area contributed by atoms with Gasteiger partial charge >= 0.3 is 0 Å². The van der Waals surface area contributed by atoms with Gasteiger partial charge in [0.15, 0.2) is 17.5 Å². The molecule has 2 rings (SSSR count). The van der Waals surface area contributed by atoms with Gasteiger partial charge in [0.1, 0.15) is 0 Å². The highest BCUT2D eigenvalue weighted by Gasteiger charge is 2.17. The molecule has 114 valence electrons. The zero-order chi connectivity index (χ0) is 15.6. The lowest BCUT2D eigenvalue weighted by Crippen LogP contribution is -2.13. The molecule has 0 saturated heterocycles. The van der Waals surface area contributed by atoms with Gasteiger partial charge in [0.05, 0.1) is 24.0 Å². The van der Waals surface area contributed by atoms with Gasteiger partial charge in [-0.05, 0) is 26.0 Å². The molecule has 0 radical (unpaired) electrons. The van der Waals surface area contributed by atoms with E-state index in [0.29, 0.717) is 18.2 Å². The Morgan fingerprint density at radius 2 is 2.00 bits per heavy atom. The van der Waals surface area contributed by atoms with E-state index in [2.05, 4.69) is 10.3 Å². The van der Waals surface area contributed by atoms with Crippen LogP contribution in [0.4, 0.5) is 24.8 Å². The monoisotopic (exact) mass is 299 g/mol. The molecular formula is C14H16F3N3O.